The van der Waals surface area contributed by atoms with Crippen LogP contribution in [0.5, 0.6) is 0 Å². The van der Waals surface area contributed by atoms with E-state index >= 15 is 0 Å². The van der Waals surface area contributed by atoms with Crippen LogP contribution >= 0.6 is 11.6 Å². The summed E-state index contributed by atoms with van der Waals surface area (Å²) in [5.74, 6) is 0.792. The zero-order valence-electron chi connectivity index (χ0n) is 9.37. The number of aryl methyl sites for hydroxylation is 1. The van der Waals surface area contributed by atoms with Gasteiger partial charge in [0.15, 0.2) is 5.76 Å². The largest absolute Gasteiger partial charge is 0.456 e. The molecule has 1 aromatic heterocycles. The average Bonchev–Trinajstić information content (AvgIpc) is 2.74. The molecule has 2 rings (SSSR count). The second-order valence-electron chi connectivity index (χ2n) is 3.68. The Bertz CT molecular complexity index is 534. The number of carbonyl (C=O) groups excluding carboxylic acids is 1. The first-order valence-corrected chi connectivity index (χ1v) is 5.62. The van der Waals surface area contributed by atoms with E-state index in [9.17, 15) is 4.79 Å². The number of nitrogens with one attached hydrogen (secondary N) is 1. The minimum absolute atomic E-state index is 0.238. The highest BCUT2D eigenvalue weighted by Crippen LogP contribution is 2.14. The van der Waals surface area contributed by atoms with E-state index in [1.807, 2.05) is 18.2 Å². The summed E-state index contributed by atoms with van der Waals surface area (Å²) in [5.41, 5.74) is 0.880. The highest BCUT2D eigenvalue weighted by atomic mass is 35.5. The van der Waals surface area contributed by atoms with Crippen molar-refractivity contribution in [2.45, 2.75) is 13.5 Å². The fourth-order valence-electron chi connectivity index (χ4n) is 1.46. The van der Waals surface area contributed by atoms with E-state index < -0.39 is 0 Å². The zero-order valence-corrected chi connectivity index (χ0v) is 10.1. The first-order chi connectivity index (χ1) is 8.16. The van der Waals surface area contributed by atoms with E-state index in [0.29, 0.717) is 23.1 Å². The lowest BCUT2D eigenvalue weighted by Crippen LogP contribution is -2.22. The van der Waals surface area contributed by atoms with E-state index in [-0.39, 0.29) is 5.91 Å². The smallest absolute Gasteiger partial charge is 0.287 e. The van der Waals surface area contributed by atoms with Crippen molar-refractivity contribution >= 4 is 17.5 Å². The molecule has 0 saturated carbocycles. The number of hydrogen-bond donors (Lipinski definition) is 1. The van der Waals surface area contributed by atoms with Crippen LogP contribution in [0.2, 0.25) is 5.02 Å². The second-order valence-corrected chi connectivity index (χ2v) is 4.09. The lowest BCUT2D eigenvalue weighted by molar-refractivity contribution is 0.0922. The summed E-state index contributed by atoms with van der Waals surface area (Å²) in [5, 5.41) is 3.39. The van der Waals surface area contributed by atoms with Gasteiger partial charge in [0, 0.05) is 11.6 Å². The van der Waals surface area contributed by atoms with Gasteiger partial charge in [-0.1, -0.05) is 29.8 Å². The fourth-order valence-corrected chi connectivity index (χ4v) is 1.66. The van der Waals surface area contributed by atoms with Gasteiger partial charge in [-0.3, -0.25) is 4.79 Å². The van der Waals surface area contributed by atoms with Gasteiger partial charge in [0.05, 0.1) is 0 Å². The molecule has 0 fully saturated rings. The maximum Gasteiger partial charge on any atom is 0.287 e. The molecule has 0 aliphatic rings. The summed E-state index contributed by atoms with van der Waals surface area (Å²) in [4.78, 5) is 11.7. The second kappa shape index (κ2) is 5.06. The summed E-state index contributed by atoms with van der Waals surface area (Å²) < 4.78 is 5.22. The normalized spacial score (nSPS) is 10.2. The molecule has 0 aliphatic carbocycles. The number of halogens is 1. The van der Waals surface area contributed by atoms with E-state index in [1.54, 1.807) is 25.1 Å². The molecule has 2 aromatic rings. The minimum Gasteiger partial charge on any atom is -0.456 e. The first-order valence-electron chi connectivity index (χ1n) is 5.25. The molecule has 88 valence electrons. The molecule has 1 heterocycles. The summed E-state index contributed by atoms with van der Waals surface area (Å²) in [6, 6.07) is 10.8. The van der Waals surface area contributed by atoms with Crippen LogP contribution in [0.3, 0.4) is 0 Å². The Morgan fingerprint density at radius 3 is 2.71 bits per heavy atom. The van der Waals surface area contributed by atoms with Crippen LogP contribution in [0.15, 0.2) is 40.8 Å². The van der Waals surface area contributed by atoms with Crippen molar-refractivity contribution in [1.82, 2.24) is 5.32 Å². The maximum absolute atomic E-state index is 11.7. The Balaban J connectivity index is 1.99. The molecule has 17 heavy (non-hydrogen) atoms. The molecule has 1 amide bonds. The fraction of sp³-hybridized carbons (Fsp3) is 0.154. The third kappa shape index (κ3) is 2.88. The maximum atomic E-state index is 11.7. The van der Waals surface area contributed by atoms with Gasteiger partial charge in [-0.05, 0) is 30.7 Å². The first kappa shape index (κ1) is 11.7. The molecule has 0 unspecified atom stereocenters. The molecular weight excluding hydrogens is 238 g/mol. The van der Waals surface area contributed by atoms with Crippen molar-refractivity contribution in [3.8, 4) is 0 Å². The van der Waals surface area contributed by atoms with Crippen molar-refractivity contribution in [2.75, 3.05) is 0 Å². The van der Waals surface area contributed by atoms with Gasteiger partial charge in [-0.15, -0.1) is 0 Å². The Morgan fingerprint density at radius 2 is 2.06 bits per heavy atom. The third-order valence-corrected chi connectivity index (χ3v) is 2.73. The Hall–Kier alpha value is -1.74. The SMILES string of the molecule is Cc1ccc(C(=O)NCc2ccccc2Cl)o1. The average molecular weight is 250 g/mol. The van der Waals surface area contributed by atoms with Crippen molar-refractivity contribution < 1.29 is 9.21 Å². The van der Waals surface area contributed by atoms with Crippen LogP contribution in [0.25, 0.3) is 0 Å². The molecule has 0 atom stereocenters. The zero-order chi connectivity index (χ0) is 12.3. The monoisotopic (exact) mass is 249 g/mol. The summed E-state index contributed by atoms with van der Waals surface area (Å²) in [7, 11) is 0. The van der Waals surface area contributed by atoms with Crippen molar-refractivity contribution in [3.63, 3.8) is 0 Å². The predicted molar refractivity (Wildman–Crippen MR) is 66.1 cm³/mol. The molecule has 1 N–H and O–H groups in total. The highest BCUT2D eigenvalue weighted by molar-refractivity contribution is 6.31. The van der Waals surface area contributed by atoms with Gasteiger partial charge in [0.25, 0.3) is 5.91 Å². The number of carbonyl (C=O) groups is 1. The minimum atomic E-state index is -0.238. The standard InChI is InChI=1S/C13H12ClNO2/c1-9-6-7-12(17-9)13(16)15-8-10-4-2-3-5-11(10)14/h2-7H,8H2,1H3,(H,15,16). The van der Waals surface area contributed by atoms with E-state index in [0.717, 1.165) is 5.56 Å². The lowest BCUT2D eigenvalue weighted by Gasteiger charge is -2.05. The van der Waals surface area contributed by atoms with Crippen molar-refractivity contribution in [2.24, 2.45) is 0 Å². The van der Waals surface area contributed by atoms with Gasteiger partial charge in [0.2, 0.25) is 0 Å². The molecule has 0 saturated heterocycles. The molecular formula is C13H12ClNO2. The quantitative estimate of drug-likeness (QED) is 0.908. The van der Waals surface area contributed by atoms with E-state index in [1.165, 1.54) is 0 Å². The molecule has 3 nitrogen and oxygen atoms in total. The number of rotatable bonds is 3. The van der Waals surface area contributed by atoms with Gasteiger partial charge < -0.3 is 9.73 Å². The number of furan rings is 1. The predicted octanol–water partition coefficient (Wildman–Crippen LogP) is 3.17. The summed E-state index contributed by atoms with van der Waals surface area (Å²) in [6.45, 7) is 2.18. The molecule has 1 aromatic carbocycles. The molecule has 4 heteroatoms. The van der Waals surface area contributed by atoms with Gasteiger partial charge in [-0.25, -0.2) is 0 Å². The molecule has 0 spiro atoms. The van der Waals surface area contributed by atoms with E-state index in [4.69, 9.17) is 16.0 Å². The lowest BCUT2D eigenvalue weighted by atomic mass is 10.2. The van der Waals surface area contributed by atoms with Gasteiger partial charge >= 0.3 is 0 Å². The Morgan fingerprint density at radius 1 is 1.29 bits per heavy atom. The molecule has 0 bridgehead atoms. The van der Waals surface area contributed by atoms with Gasteiger partial charge in [0.1, 0.15) is 5.76 Å². The van der Waals surface area contributed by atoms with Crippen LogP contribution in [0.4, 0.5) is 0 Å². The Labute approximate surface area is 104 Å². The van der Waals surface area contributed by atoms with Gasteiger partial charge in [-0.2, -0.15) is 0 Å². The number of benzene rings is 1. The summed E-state index contributed by atoms with van der Waals surface area (Å²) in [6.07, 6.45) is 0. The Kier molecular flexibility index (Phi) is 3.49. The molecule has 0 aliphatic heterocycles. The number of amides is 1. The van der Waals surface area contributed by atoms with Crippen LogP contribution in [-0.2, 0) is 6.54 Å². The summed E-state index contributed by atoms with van der Waals surface area (Å²) >= 11 is 5.98. The third-order valence-electron chi connectivity index (χ3n) is 2.36. The topological polar surface area (TPSA) is 42.2 Å². The number of hydrogen-bond acceptors (Lipinski definition) is 2. The van der Waals surface area contributed by atoms with Crippen LogP contribution < -0.4 is 5.32 Å². The highest BCUT2D eigenvalue weighted by Gasteiger charge is 2.09. The van der Waals surface area contributed by atoms with E-state index in [2.05, 4.69) is 5.32 Å². The van der Waals surface area contributed by atoms with Crippen LogP contribution in [-0.4, -0.2) is 5.91 Å². The molecule has 0 radical (unpaired) electrons. The van der Waals surface area contributed by atoms with Crippen LogP contribution in [0.1, 0.15) is 21.9 Å². The van der Waals surface area contributed by atoms with Crippen LogP contribution in [0, 0.1) is 6.92 Å². The van der Waals surface area contributed by atoms with Crippen molar-refractivity contribution in [3.05, 3.63) is 58.5 Å². The van der Waals surface area contributed by atoms with Crippen molar-refractivity contribution in [1.29, 1.82) is 0 Å².